The number of rotatable bonds is 15. The van der Waals surface area contributed by atoms with Gasteiger partial charge in [0, 0.05) is 11.9 Å². The molecule has 3 atom stereocenters. The van der Waals surface area contributed by atoms with Crippen LogP contribution in [0, 0.1) is 11.8 Å². The van der Waals surface area contributed by atoms with E-state index < -0.39 is 23.8 Å². The van der Waals surface area contributed by atoms with Crippen molar-refractivity contribution in [3.63, 3.8) is 0 Å². The van der Waals surface area contributed by atoms with Gasteiger partial charge in [0.1, 0.15) is 12.5 Å². The van der Waals surface area contributed by atoms with Crippen LogP contribution in [-0.2, 0) is 9.59 Å². The number of hydrogen-bond acceptors (Lipinski definition) is 4. The van der Waals surface area contributed by atoms with Crippen molar-refractivity contribution in [2.24, 2.45) is 11.8 Å². The second kappa shape index (κ2) is 15.0. The first kappa shape index (κ1) is 27.1. The molecule has 0 radical (unpaired) electrons. The van der Waals surface area contributed by atoms with Gasteiger partial charge in [-0.2, -0.15) is 0 Å². The number of carbonyl (C=O) groups is 2. The zero-order chi connectivity index (χ0) is 18.6. The molecule has 0 spiro atoms. The molecule has 3 unspecified atom stereocenters. The van der Waals surface area contributed by atoms with Gasteiger partial charge in [0.25, 0.3) is 0 Å². The van der Waals surface area contributed by atoms with Gasteiger partial charge in [0.15, 0.2) is 0 Å². The first-order valence-corrected chi connectivity index (χ1v) is 9.17. The molecule has 0 bridgehead atoms. The van der Waals surface area contributed by atoms with Crippen molar-refractivity contribution in [1.29, 1.82) is 0 Å². The smallest absolute Gasteiger partial charge is 0.550 e. The van der Waals surface area contributed by atoms with Crippen LogP contribution in [0.25, 0.3) is 0 Å². The average Bonchev–Trinajstić information content (AvgIpc) is 2.50. The van der Waals surface area contributed by atoms with Crippen LogP contribution in [0.5, 0.6) is 0 Å². The van der Waals surface area contributed by atoms with E-state index in [0.29, 0.717) is 30.7 Å². The molecular formula is C18H35NNaO5+. The summed E-state index contributed by atoms with van der Waals surface area (Å²) in [6.45, 7) is 7.02. The fourth-order valence-corrected chi connectivity index (χ4v) is 3.31. The van der Waals surface area contributed by atoms with E-state index in [1.165, 1.54) is 19.3 Å². The van der Waals surface area contributed by atoms with Gasteiger partial charge in [0.2, 0.25) is 0 Å². The maximum absolute atomic E-state index is 11.2. The maximum Gasteiger partial charge on any atom is 1.00 e. The number of aliphatic hydroxyl groups excluding tert-OH is 1. The molecule has 0 aliphatic rings. The summed E-state index contributed by atoms with van der Waals surface area (Å²) in [5.41, 5.74) is 0. The van der Waals surface area contributed by atoms with Gasteiger partial charge >= 0.3 is 35.5 Å². The molecule has 0 heterocycles. The van der Waals surface area contributed by atoms with Gasteiger partial charge in [-0.3, -0.25) is 4.79 Å². The Hall–Kier alpha value is -0.140. The Morgan fingerprint density at radius 2 is 1.48 bits per heavy atom. The molecule has 0 aliphatic heterocycles. The fraction of sp³-hybridized carbons (Fsp3) is 0.889. The fourth-order valence-electron chi connectivity index (χ4n) is 3.31. The van der Waals surface area contributed by atoms with Crippen LogP contribution in [0.1, 0.15) is 59.3 Å². The molecular weight excluding hydrogens is 333 g/mol. The van der Waals surface area contributed by atoms with Crippen molar-refractivity contribution >= 4 is 11.9 Å². The minimum atomic E-state index is -1.12. The molecule has 0 saturated heterocycles. The molecule has 7 heteroatoms. The molecule has 142 valence electrons. The van der Waals surface area contributed by atoms with Crippen LogP contribution in [0.2, 0.25) is 0 Å². The predicted molar refractivity (Wildman–Crippen MR) is 91.2 cm³/mol. The van der Waals surface area contributed by atoms with Crippen LogP contribution in [-0.4, -0.2) is 59.4 Å². The van der Waals surface area contributed by atoms with Crippen LogP contribution < -0.4 is 34.7 Å². The third kappa shape index (κ3) is 12.0. The molecule has 0 aromatic carbocycles. The van der Waals surface area contributed by atoms with Gasteiger partial charge in [0.05, 0.1) is 26.2 Å². The van der Waals surface area contributed by atoms with Crippen molar-refractivity contribution in [2.75, 3.05) is 32.8 Å². The van der Waals surface area contributed by atoms with Crippen LogP contribution >= 0.6 is 0 Å². The molecule has 0 fully saturated rings. The number of aliphatic carboxylic acids is 2. The monoisotopic (exact) mass is 368 g/mol. The van der Waals surface area contributed by atoms with Gasteiger partial charge in [-0.25, -0.2) is 0 Å². The summed E-state index contributed by atoms with van der Waals surface area (Å²) in [5.74, 6) is -3.26. The summed E-state index contributed by atoms with van der Waals surface area (Å²) in [6.07, 6.45) is 6.69. The van der Waals surface area contributed by atoms with Crippen molar-refractivity contribution < 1.29 is 58.9 Å². The Labute approximate surface area is 174 Å². The number of unbranched alkanes of at least 4 members (excludes halogenated alkanes) is 5. The van der Waals surface area contributed by atoms with E-state index in [-0.39, 0.29) is 36.2 Å². The van der Waals surface area contributed by atoms with E-state index >= 15 is 0 Å². The Bertz CT molecular complexity index is 356. The zero-order valence-corrected chi connectivity index (χ0v) is 18.5. The summed E-state index contributed by atoms with van der Waals surface area (Å²) >= 11 is 0. The van der Waals surface area contributed by atoms with Crippen molar-refractivity contribution in [2.45, 2.75) is 59.3 Å². The summed E-state index contributed by atoms with van der Waals surface area (Å²) in [6, 6.07) is 0. The van der Waals surface area contributed by atoms with E-state index in [1.807, 2.05) is 0 Å². The minimum absolute atomic E-state index is 0. The Morgan fingerprint density at radius 3 is 1.96 bits per heavy atom. The normalized spacial score (nSPS) is 15.7. The van der Waals surface area contributed by atoms with Crippen molar-refractivity contribution in [1.82, 2.24) is 0 Å². The number of nitrogens with zero attached hydrogens (tertiary/aromatic N) is 1. The molecule has 6 nitrogen and oxygen atoms in total. The topological polar surface area (TPSA) is 97.7 Å². The van der Waals surface area contributed by atoms with E-state index in [0.717, 1.165) is 19.3 Å². The Balaban J connectivity index is 0. The summed E-state index contributed by atoms with van der Waals surface area (Å²) < 4.78 is 0.326. The number of carboxylic acid groups (broad SMARTS) is 2. The largest absolute Gasteiger partial charge is 1.00 e. The van der Waals surface area contributed by atoms with Crippen LogP contribution in [0.3, 0.4) is 0 Å². The molecule has 0 aromatic rings. The number of quaternary nitrogens is 1. The molecule has 0 saturated carbocycles. The Kier molecular flexibility index (Phi) is 16.2. The van der Waals surface area contributed by atoms with Gasteiger partial charge in [-0.05, 0) is 19.8 Å². The summed E-state index contributed by atoms with van der Waals surface area (Å²) in [5, 5.41) is 29.8. The summed E-state index contributed by atoms with van der Waals surface area (Å²) in [4.78, 5) is 22.4. The minimum Gasteiger partial charge on any atom is -0.550 e. The standard InChI is InChI=1S/C18H35NO5.Na/c1-4-5-6-7-8-9-10-19(11-12-20,13-15(2)17(21)22)14-16(3)18(23)24;/h15-16,20H,4-14H2,1-3H3,(H-,21,22,23,24);/q;+1. The first-order chi connectivity index (χ1) is 11.3. The van der Waals surface area contributed by atoms with Crippen LogP contribution in [0.15, 0.2) is 0 Å². The molecule has 0 rings (SSSR count). The van der Waals surface area contributed by atoms with Gasteiger partial charge in [-0.1, -0.05) is 39.5 Å². The SMILES string of the molecule is CCCCCCCC[N+](CCO)(CC(C)C(=O)[O-])CC(C)C(=O)O.[Na+]. The van der Waals surface area contributed by atoms with E-state index in [2.05, 4.69) is 6.92 Å². The Morgan fingerprint density at radius 1 is 0.960 bits per heavy atom. The molecule has 2 N–H and O–H groups in total. The average molecular weight is 368 g/mol. The quantitative estimate of drug-likeness (QED) is 0.203. The molecule has 0 aliphatic carbocycles. The predicted octanol–water partition coefficient (Wildman–Crippen LogP) is -1.73. The molecule has 0 aromatic heterocycles. The number of carboxylic acids is 2. The maximum atomic E-state index is 11.2. The van der Waals surface area contributed by atoms with Gasteiger partial charge < -0.3 is 24.6 Å². The molecule has 0 amide bonds. The number of carbonyl (C=O) groups excluding carboxylic acids is 1. The second-order valence-corrected chi connectivity index (χ2v) is 7.10. The first-order valence-electron chi connectivity index (χ1n) is 9.17. The third-order valence-electron chi connectivity index (χ3n) is 4.71. The third-order valence-corrected chi connectivity index (χ3v) is 4.71. The van der Waals surface area contributed by atoms with Crippen molar-refractivity contribution in [3.05, 3.63) is 0 Å². The van der Waals surface area contributed by atoms with Crippen LogP contribution in [0.4, 0.5) is 0 Å². The second-order valence-electron chi connectivity index (χ2n) is 7.10. The van der Waals surface area contributed by atoms with E-state index in [4.69, 9.17) is 0 Å². The van der Waals surface area contributed by atoms with E-state index in [1.54, 1.807) is 13.8 Å². The van der Waals surface area contributed by atoms with E-state index in [9.17, 15) is 24.9 Å². The number of aliphatic hydroxyl groups is 1. The molecule has 25 heavy (non-hydrogen) atoms. The van der Waals surface area contributed by atoms with Gasteiger partial charge in [-0.15, -0.1) is 0 Å². The van der Waals surface area contributed by atoms with Crippen molar-refractivity contribution in [3.8, 4) is 0 Å². The zero-order valence-electron chi connectivity index (χ0n) is 16.5. The summed E-state index contributed by atoms with van der Waals surface area (Å²) in [7, 11) is 0. The number of hydrogen-bond donors (Lipinski definition) is 2.